The lowest BCUT2D eigenvalue weighted by Crippen LogP contribution is -2.51. The number of carbonyl (C=O) groups excluding carboxylic acids is 1. The fourth-order valence-corrected chi connectivity index (χ4v) is 5.21. The average Bonchev–Trinajstić information content (AvgIpc) is 3.32. The van der Waals surface area contributed by atoms with E-state index in [1.54, 1.807) is 4.57 Å². The highest BCUT2D eigenvalue weighted by Crippen LogP contribution is 2.26. The van der Waals surface area contributed by atoms with E-state index in [1.807, 2.05) is 93.6 Å². The van der Waals surface area contributed by atoms with Crippen LogP contribution < -0.4 is 15.9 Å². The molecule has 202 valence electrons. The Kier molecular flexibility index (Phi) is 7.93. The standard InChI is InChI=1S/C31H36N6O2/c1-4-32-30(38)28(24-11-7-5-8-12-24)35-21-19-34(20-22-35)26-15-17-27(18-16-26)36-29(25-13-9-6-10-14-25)33-37(23(2)3)31(36)39/h5-18,23,28H,4,19-22H2,1-3H3,(H,32,38). The van der Waals surface area contributed by atoms with Gasteiger partial charge in [0.25, 0.3) is 0 Å². The van der Waals surface area contributed by atoms with Gasteiger partial charge in [0, 0.05) is 44.0 Å². The molecule has 4 aromatic rings. The van der Waals surface area contributed by atoms with Crippen LogP contribution in [0.3, 0.4) is 0 Å². The van der Waals surface area contributed by atoms with Crippen LogP contribution in [0.15, 0.2) is 89.7 Å². The molecule has 1 aromatic heterocycles. The number of nitrogens with zero attached hydrogens (tertiary/aromatic N) is 5. The number of hydrogen-bond donors (Lipinski definition) is 1. The van der Waals surface area contributed by atoms with Crippen LogP contribution in [-0.4, -0.2) is 57.9 Å². The third-order valence-corrected chi connectivity index (χ3v) is 7.19. The molecule has 2 heterocycles. The number of piperazine rings is 1. The van der Waals surface area contributed by atoms with Crippen molar-refractivity contribution < 1.29 is 4.79 Å². The number of benzene rings is 3. The zero-order valence-electron chi connectivity index (χ0n) is 22.8. The molecule has 1 aliphatic heterocycles. The van der Waals surface area contributed by atoms with E-state index < -0.39 is 0 Å². The summed E-state index contributed by atoms with van der Waals surface area (Å²) >= 11 is 0. The number of nitrogens with one attached hydrogen (secondary N) is 1. The van der Waals surface area contributed by atoms with E-state index in [0.717, 1.165) is 48.7 Å². The highest BCUT2D eigenvalue weighted by molar-refractivity contribution is 5.83. The van der Waals surface area contributed by atoms with Gasteiger partial charge in [0.05, 0.1) is 11.7 Å². The molecule has 1 aliphatic rings. The molecule has 0 radical (unpaired) electrons. The maximum atomic E-state index is 13.3. The van der Waals surface area contributed by atoms with E-state index in [2.05, 4.69) is 32.3 Å². The topological polar surface area (TPSA) is 75.4 Å². The summed E-state index contributed by atoms with van der Waals surface area (Å²) in [4.78, 5) is 30.9. The predicted octanol–water partition coefficient (Wildman–Crippen LogP) is 4.28. The van der Waals surface area contributed by atoms with Crippen LogP contribution >= 0.6 is 0 Å². The van der Waals surface area contributed by atoms with Gasteiger partial charge in [-0.15, -0.1) is 5.10 Å². The Morgan fingerprint density at radius 2 is 1.44 bits per heavy atom. The van der Waals surface area contributed by atoms with Gasteiger partial charge in [-0.2, -0.15) is 0 Å². The Morgan fingerprint density at radius 3 is 2.03 bits per heavy atom. The van der Waals surface area contributed by atoms with Crippen molar-refractivity contribution in [3.63, 3.8) is 0 Å². The molecule has 0 bridgehead atoms. The van der Waals surface area contributed by atoms with Crippen LogP contribution in [0.1, 0.15) is 38.4 Å². The Morgan fingerprint density at radius 1 is 0.846 bits per heavy atom. The molecule has 0 aliphatic carbocycles. The third-order valence-electron chi connectivity index (χ3n) is 7.19. The van der Waals surface area contributed by atoms with Crippen LogP contribution in [0, 0.1) is 0 Å². The molecule has 1 N–H and O–H groups in total. The van der Waals surface area contributed by atoms with Crippen LogP contribution in [0.4, 0.5) is 5.69 Å². The van der Waals surface area contributed by atoms with Gasteiger partial charge in [0.2, 0.25) is 5.91 Å². The van der Waals surface area contributed by atoms with Gasteiger partial charge in [-0.05, 0) is 50.6 Å². The zero-order valence-corrected chi connectivity index (χ0v) is 22.8. The van der Waals surface area contributed by atoms with Gasteiger partial charge >= 0.3 is 5.69 Å². The van der Waals surface area contributed by atoms with Crippen LogP contribution in [-0.2, 0) is 4.79 Å². The summed E-state index contributed by atoms with van der Waals surface area (Å²) in [6.45, 7) is 9.65. The quantitative estimate of drug-likeness (QED) is 0.372. The minimum Gasteiger partial charge on any atom is -0.369 e. The van der Waals surface area contributed by atoms with Gasteiger partial charge in [-0.3, -0.25) is 9.69 Å². The van der Waals surface area contributed by atoms with E-state index in [4.69, 9.17) is 0 Å². The minimum absolute atomic E-state index is 0.0445. The Labute approximate surface area is 229 Å². The summed E-state index contributed by atoms with van der Waals surface area (Å²) in [5.41, 5.74) is 3.64. The maximum absolute atomic E-state index is 13.3. The summed E-state index contributed by atoms with van der Waals surface area (Å²) < 4.78 is 3.22. The molecule has 8 heteroatoms. The van der Waals surface area contributed by atoms with Crippen LogP contribution in [0.2, 0.25) is 0 Å². The lowest BCUT2D eigenvalue weighted by atomic mass is 10.0. The second kappa shape index (κ2) is 11.7. The van der Waals surface area contributed by atoms with Crippen molar-refractivity contribution in [3.8, 4) is 17.1 Å². The van der Waals surface area contributed by atoms with Crippen molar-refractivity contribution in [2.75, 3.05) is 37.6 Å². The number of amides is 1. The number of carbonyl (C=O) groups is 1. The normalized spacial score (nSPS) is 14.9. The largest absolute Gasteiger partial charge is 0.369 e. The van der Waals surface area contributed by atoms with Crippen molar-refractivity contribution >= 4 is 11.6 Å². The molecular formula is C31H36N6O2. The van der Waals surface area contributed by atoms with Gasteiger partial charge in [0.15, 0.2) is 5.82 Å². The molecule has 5 rings (SSSR count). The highest BCUT2D eigenvalue weighted by atomic mass is 16.2. The first-order chi connectivity index (χ1) is 19.0. The molecule has 8 nitrogen and oxygen atoms in total. The number of likely N-dealkylation sites (N-methyl/N-ethyl adjacent to an activating group) is 1. The molecule has 0 spiro atoms. The smallest absolute Gasteiger partial charge is 0.351 e. The van der Waals surface area contributed by atoms with Crippen molar-refractivity contribution in [2.24, 2.45) is 0 Å². The lowest BCUT2D eigenvalue weighted by Gasteiger charge is -2.39. The summed E-state index contributed by atoms with van der Waals surface area (Å²) in [6, 6.07) is 27.6. The van der Waals surface area contributed by atoms with E-state index in [9.17, 15) is 9.59 Å². The first-order valence-corrected chi connectivity index (χ1v) is 13.7. The minimum atomic E-state index is -0.295. The first kappa shape index (κ1) is 26.4. The van der Waals surface area contributed by atoms with Gasteiger partial charge in [-0.1, -0.05) is 60.7 Å². The number of hydrogen-bond acceptors (Lipinski definition) is 5. The Bertz CT molecular complexity index is 1440. The molecule has 1 atom stereocenters. The summed E-state index contributed by atoms with van der Waals surface area (Å²) in [6.07, 6.45) is 0. The molecule has 1 amide bonds. The zero-order chi connectivity index (χ0) is 27.4. The molecule has 1 fully saturated rings. The van der Waals surface area contributed by atoms with E-state index in [-0.39, 0.29) is 23.7 Å². The van der Waals surface area contributed by atoms with Crippen LogP contribution in [0.5, 0.6) is 0 Å². The molecule has 1 unspecified atom stereocenters. The molecular weight excluding hydrogens is 488 g/mol. The Hall–Kier alpha value is -4.17. The summed E-state index contributed by atoms with van der Waals surface area (Å²) in [5, 5.41) is 7.67. The molecule has 3 aromatic carbocycles. The van der Waals surface area contributed by atoms with Gasteiger partial charge < -0.3 is 10.2 Å². The Balaban J connectivity index is 1.35. The monoisotopic (exact) mass is 524 g/mol. The average molecular weight is 525 g/mol. The fraction of sp³-hybridized carbons (Fsp3) is 0.323. The lowest BCUT2D eigenvalue weighted by molar-refractivity contribution is -0.126. The van der Waals surface area contributed by atoms with Crippen molar-refractivity contribution in [2.45, 2.75) is 32.9 Å². The van der Waals surface area contributed by atoms with Crippen molar-refractivity contribution in [3.05, 3.63) is 101 Å². The van der Waals surface area contributed by atoms with Crippen molar-refractivity contribution in [1.82, 2.24) is 24.6 Å². The molecule has 1 saturated heterocycles. The van der Waals surface area contributed by atoms with E-state index in [0.29, 0.717) is 12.4 Å². The second-order valence-electron chi connectivity index (χ2n) is 10.1. The van der Waals surface area contributed by atoms with E-state index in [1.165, 1.54) is 4.68 Å². The maximum Gasteiger partial charge on any atom is 0.351 e. The number of anilines is 1. The summed E-state index contributed by atoms with van der Waals surface area (Å²) in [7, 11) is 0. The molecule has 0 saturated carbocycles. The number of aromatic nitrogens is 3. The van der Waals surface area contributed by atoms with Crippen LogP contribution in [0.25, 0.3) is 17.1 Å². The molecule has 39 heavy (non-hydrogen) atoms. The SMILES string of the molecule is CCNC(=O)C(c1ccccc1)N1CCN(c2ccc(-n3c(-c4ccccc4)nn(C(C)C)c3=O)cc2)CC1. The van der Waals surface area contributed by atoms with E-state index >= 15 is 0 Å². The fourth-order valence-electron chi connectivity index (χ4n) is 5.21. The predicted molar refractivity (Wildman–Crippen MR) is 155 cm³/mol. The number of rotatable bonds is 8. The van der Waals surface area contributed by atoms with Gasteiger partial charge in [-0.25, -0.2) is 14.0 Å². The third kappa shape index (κ3) is 5.52. The van der Waals surface area contributed by atoms with Crippen molar-refractivity contribution in [1.29, 1.82) is 0 Å². The second-order valence-corrected chi connectivity index (χ2v) is 10.1. The first-order valence-electron chi connectivity index (χ1n) is 13.7. The highest BCUT2D eigenvalue weighted by Gasteiger charge is 2.30. The van der Waals surface area contributed by atoms with Gasteiger partial charge in [0.1, 0.15) is 6.04 Å². The summed E-state index contributed by atoms with van der Waals surface area (Å²) in [5.74, 6) is 0.677.